The lowest BCUT2D eigenvalue weighted by Gasteiger charge is -2.14. The number of rotatable bonds is 3. The van der Waals surface area contributed by atoms with Crippen molar-refractivity contribution in [3.63, 3.8) is 0 Å². The second-order valence-electron chi connectivity index (χ2n) is 3.66. The highest BCUT2D eigenvalue weighted by molar-refractivity contribution is 9.10. The van der Waals surface area contributed by atoms with Gasteiger partial charge in [-0.15, -0.1) is 0 Å². The molecule has 0 spiro atoms. The van der Waals surface area contributed by atoms with Gasteiger partial charge in [-0.1, -0.05) is 12.8 Å². The SMILES string of the molecule is NNc1ncc(Br)c(NC2CCCC2)n1. The first-order valence-electron chi connectivity index (χ1n) is 5.05. The number of nitrogens with one attached hydrogen (secondary N) is 2. The molecule has 1 saturated carbocycles. The fourth-order valence-corrected chi connectivity index (χ4v) is 2.11. The molecule has 0 radical (unpaired) electrons. The zero-order valence-corrected chi connectivity index (χ0v) is 9.92. The molecular formula is C9H14BrN5. The van der Waals surface area contributed by atoms with E-state index in [4.69, 9.17) is 5.84 Å². The molecule has 0 aromatic carbocycles. The van der Waals surface area contributed by atoms with Crippen LogP contribution in [0, 0.1) is 0 Å². The van der Waals surface area contributed by atoms with Crippen LogP contribution in [-0.4, -0.2) is 16.0 Å². The maximum absolute atomic E-state index is 5.26. The number of nitrogen functional groups attached to an aromatic ring is 1. The first-order valence-corrected chi connectivity index (χ1v) is 5.84. The van der Waals surface area contributed by atoms with E-state index in [-0.39, 0.29) is 0 Å². The molecule has 6 heteroatoms. The summed E-state index contributed by atoms with van der Waals surface area (Å²) in [4.78, 5) is 8.25. The second-order valence-corrected chi connectivity index (χ2v) is 4.51. The summed E-state index contributed by atoms with van der Waals surface area (Å²) in [6, 6.07) is 0.529. The minimum absolute atomic E-state index is 0.429. The second kappa shape index (κ2) is 4.76. The Morgan fingerprint density at radius 3 is 2.80 bits per heavy atom. The van der Waals surface area contributed by atoms with Gasteiger partial charge in [0.15, 0.2) is 0 Å². The summed E-state index contributed by atoms with van der Waals surface area (Å²) in [5, 5.41) is 3.39. The van der Waals surface area contributed by atoms with Crippen molar-refractivity contribution in [1.82, 2.24) is 9.97 Å². The Morgan fingerprint density at radius 2 is 2.13 bits per heavy atom. The van der Waals surface area contributed by atoms with Gasteiger partial charge in [-0.2, -0.15) is 4.98 Å². The molecule has 1 fully saturated rings. The van der Waals surface area contributed by atoms with Gasteiger partial charge in [-0.3, -0.25) is 5.43 Å². The number of hydrogen-bond acceptors (Lipinski definition) is 5. The zero-order valence-electron chi connectivity index (χ0n) is 8.33. The number of anilines is 2. The third-order valence-electron chi connectivity index (χ3n) is 2.57. The van der Waals surface area contributed by atoms with Crippen molar-refractivity contribution in [2.75, 3.05) is 10.7 Å². The van der Waals surface area contributed by atoms with E-state index in [1.807, 2.05) is 0 Å². The van der Waals surface area contributed by atoms with E-state index in [2.05, 4.69) is 36.6 Å². The van der Waals surface area contributed by atoms with Gasteiger partial charge in [0.05, 0.1) is 4.47 Å². The topological polar surface area (TPSA) is 75.9 Å². The van der Waals surface area contributed by atoms with Gasteiger partial charge >= 0.3 is 0 Å². The van der Waals surface area contributed by atoms with Gasteiger partial charge in [0.2, 0.25) is 5.95 Å². The van der Waals surface area contributed by atoms with Crippen molar-refractivity contribution >= 4 is 27.7 Å². The third kappa shape index (κ3) is 2.57. The van der Waals surface area contributed by atoms with E-state index in [0.717, 1.165) is 10.3 Å². The zero-order chi connectivity index (χ0) is 10.7. The van der Waals surface area contributed by atoms with Crippen LogP contribution in [0.1, 0.15) is 25.7 Å². The molecule has 5 nitrogen and oxygen atoms in total. The lowest BCUT2D eigenvalue weighted by Crippen LogP contribution is -2.18. The Bertz CT molecular complexity index is 337. The Balaban J connectivity index is 2.11. The lowest BCUT2D eigenvalue weighted by atomic mass is 10.2. The van der Waals surface area contributed by atoms with Gasteiger partial charge < -0.3 is 5.32 Å². The molecule has 0 bridgehead atoms. The summed E-state index contributed by atoms with van der Waals surface area (Å²) < 4.78 is 0.869. The fraction of sp³-hybridized carbons (Fsp3) is 0.556. The molecule has 0 amide bonds. The first-order chi connectivity index (χ1) is 7.29. The summed E-state index contributed by atoms with van der Waals surface area (Å²) in [7, 11) is 0. The standard InChI is InChI=1S/C9H14BrN5/c10-7-5-12-9(15-11)14-8(7)13-6-3-1-2-4-6/h5-6H,1-4,11H2,(H2,12,13,14,15). The van der Waals surface area contributed by atoms with Crippen LogP contribution in [0.3, 0.4) is 0 Å². The molecule has 2 rings (SSSR count). The van der Waals surface area contributed by atoms with Gasteiger partial charge in [-0.25, -0.2) is 10.8 Å². The predicted molar refractivity (Wildman–Crippen MR) is 63.4 cm³/mol. The van der Waals surface area contributed by atoms with Crippen LogP contribution in [0.15, 0.2) is 10.7 Å². The van der Waals surface area contributed by atoms with Crippen molar-refractivity contribution in [2.24, 2.45) is 5.84 Å². The van der Waals surface area contributed by atoms with Crippen molar-refractivity contribution in [3.8, 4) is 0 Å². The highest BCUT2D eigenvalue weighted by atomic mass is 79.9. The highest BCUT2D eigenvalue weighted by Crippen LogP contribution is 2.25. The smallest absolute Gasteiger partial charge is 0.239 e. The van der Waals surface area contributed by atoms with Crippen molar-refractivity contribution in [3.05, 3.63) is 10.7 Å². The summed E-state index contributed by atoms with van der Waals surface area (Å²) in [6.45, 7) is 0. The highest BCUT2D eigenvalue weighted by Gasteiger charge is 2.16. The van der Waals surface area contributed by atoms with Crippen LogP contribution in [-0.2, 0) is 0 Å². The molecule has 1 heterocycles. The molecule has 1 aromatic heterocycles. The predicted octanol–water partition coefficient (Wildman–Crippen LogP) is 1.88. The molecule has 4 N–H and O–H groups in total. The molecule has 82 valence electrons. The van der Waals surface area contributed by atoms with Crippen LogP contribution in [0.2, 0.25) is 0 Å². The number of hydrazine groups is 1. The molecule has 0 saturated heterocycles. The quantitative estimate of drug-likeness (QED) is 0.578. The minimum atomic E-state index is 0.429. The van der Waals surface area contributed by atoms with Crippen molar-refractivity contribution in [2.45, 2.75) is 31.7 Å². The van der Waals surface area contributed by atoms with Crippen LogP contribution >= 0.6 is 15.9 Å². The summed E-state index contributed by atoms with van der Waals surface area (Å²) in [5.74, 6) is 6.50. The monoisotopic (exact) mass is 271 g/mol. The summed E-state index contributed by atoms with van der Waals surface area (Å²) >= 11 is 3.41. The Labute approximate surface area is 97.0 Å². The molecule has 0 unspecified atom stereocenters. The molecule has 0 aliphatic heterocycles. The Hall–Kier alpha value is -0.880. The van der Waals surface area contributed by atoms with E-state index < -0.39 is 0 Å². The fourth-order valence-electron chi connectivity index (χ4n) is 1.80. The first kappa shape index (κ1) is 10.6. The largest absolute Gasteiger partial charge is 0.366 e. The van der Waals surface area contributed by atoms with Crippen LogP contribution in [0.25, 0.3) is 0 Å². The lowest BCUT2D eigenvalue weighted by molar-refractivity contribution is 0.749. The van der Waals surface area contributed by atoms with Gasteiger partial charge in [0.1, 0.15) is 5.82 Å². The van der Waals surface area contributed by atoms with E-state index in [0.29, 0.717) is 12.0 Å². The van der Waals surface area contributed by atoms with E-state index in [9.17, 15) is 0 Å². The van der Waals surface area contributed by atoms with Crippen LogP contribution in [0.5, 0.6) is 0 Å². The average molecular weight is 272 g/mol. The Kier molecular flexibility index (Phi) is 3.37. The summed E-state index contributed by atoms with van der Waals surface area (Å²) in [6.07, 6.45) is 6.70. The van der Waals surface area contributed by atoms with Crippen molar-refractivity contribution < 1.29 is 0 Å². The van der Waals surface area contributed by atoms with Gasteiger partial charge in [0.25, 0.3) is 0 Å². The molecule has 0 atom stereocenters. The number of nitrogens with two attached hydrogens (primary N) is 1. The normalized spacial score (nSPS) is 16.7. The van der Waals surface area contributed by atoms with Crippen molar-refractivity contribution in [1.29, 1.82) is 0 Å². The summed E-state index contributed by atoms with van der Waals surface area (Å²) in [5.41, 5.74) is 2.44. The molecular weight excluding hydrogens is 258 g/mol. The van der Waals surface area contributed by atoms with E-state index in [1.165, 1.54) is 25.7 Å². The molecule has 1 aromatic rings. The number of hydrogen-bond donors (Lipinski definition) is 3. The van der Waals surface area contributed by atoms with E-state index in [1.54, 1.807) is 6.20 Å². The molecule has 15 heavy (non-hydrogen) atoms. The average Bonchev–Trinajstić information content (AvgIpc) is 2.74. The van der Waals surface area contributed by atoms with Gasteiger partial charge in [-0.05, 0) is 28.8 Å². The maximum atomic E-state index is 5.26. The third-order valence-corrected chi connectivity index (χ3v) is 3.15. The van der Waals surface area contributed by atoms with Gasteiger partial charge in [0, 0.05) is 12.2 Å². The van der Waals surface area contributed by atoms with E-state index >= 15 is 0 Å². The van der Waals surface area contributed by atoms with Crippen LogP contribution < -0.4 is 16.6 Å². The minimum Gasteiger partial charge on any atom is -0.366 e. The number of halogens is 1. The Morgan fingerprint density at radius 1 is 1.40 bits per heavy atom. The molecule has 1 aliphatic rings. The number of nitrogens with zero attached hydrogens (tertiary/aromatic N) is 2. The van der Waals surface area contributed by atoms with Crippen LogP contribution in [0.4, 0.5) is 11.8 Å². The molecule has 1 aliphatic carbocycles. The maximum Gasteiger partial charge on any atom is 0.239 e. The number of aromatic nitrogens is 2.